The van der Waals surface area contributed by atoms with E-state index >= 15 is 0 Å². The molecule has 1 rings (SSSR count). The van der Waals surface area contributed by atoms with Gasteiger partial charge in [-0.2, -0.15) is 12.6 Å². The standard InChI is InChI=1S/C11H23NOS/c1-2-11-5-3-4-6-12(11)7-8-13-9-10-14/h11,14H,2-10H2,1H3. The Bertz CT molecular complexity index is 143. The normalized spacial score (nSPS) is 24.0. The molecule has 0 spiro atoms. The van der Waals surface area contributed by atoms with E-state index in [1.165, 1.54) is 32.2 Å². The highest BCUT2D eigenvalue weighted by molar-refractivity contribution is 7.80. The van der Waals surface area contributed by atoms with Gasteiger partial charge in [0.15, 0.2) is 0 Å². The summed E-state index contributed by atoms with van der Waals surface area (Å²) in [6.07, 6.45) is 5.44. The van der Waals surface area contributed by atoms with E-state index in [0.717, 1.165) is 31.6 Å². The molecule has 1 fully saturated rings. The molecule has 0 aliphatic carbocycles. The number of likely N-dealkylation sites (tertiary alicyclic amines) is 1. The average molecular weight is 217 g/mol. The van der Waals surface area contributed by atoms with Crippen LogP contribution in [0.2, 0.25) is 0 Å². The lowest BCUT2D eigenvalue weighted by Crippen LogP contribution is -2.41. The van der Waals surface area contributed by atoms with Gasteiger partial charge in [0.25, 0.3) is 0 Å². The smallest absolute Gasteiger partial charge is 0.0593 e. The van der Waals surface area contributed by atoms with E-state index in [-0.39, 0.29) is 0 Å². The van der Waals surface area contributed by atoms with Crippen LogP contribution in [-0.2, 0) is 4.74 Å². The van der Waals surface area contributed by atoms with Gasteiger partial charge in [-0.3, -0.25) is 4.90 Å². The van der Waals surface area contributed by atoms with Crippen LogP contribution in [0.15, 0.2) is 0 Å². The van der Waals surface area contributed by atoms with Crippen LogP contribution in [-0.4, -0.2) is 43.0 Å². The summed E-state index contributed by atoms with van der Waals surface area (Å²) < 4.78 is 5.46. The minimum absolute atomic E-state index is 0.785. The second-order valence-electron chi connectivity index (χ2n) is 3.93. The Morgan fingerprint density at radius 2 is 2.21 bits per heavy atom. The van der Waals surface area contributed by atoms with Crippen molar-refractivity contribution in [1.82, 2.24) is 4.90 Å². The van der Waals surface area contributed by atoms with Crippen LogP contribution in [0.1, 0.15) is 32.6 Å². The van der Waals surface area contributed by atoms with E-state index in [1.54, 1.807) is 0 Å². The summed E-state index contributed by atoms with van der Waals surface area (Å²) in [5, 5.41) is 0. The van der Waals surface area contributed by atoms with Gasteiger partial charge in [-0.05, 0) is 25.8 Å². The van der Waals surface area contributed by atoms with E-state index in [4.69, 9.17) is 4.74 Å². The Morgan fingerprint density at radius 3 is 2.93 bits per heavy atom. The SMILES string of the molecule is CCC1CCCCN1CCOCCS. The molecule has 0 N–H and O–H groups in total. The van der Waals surface area contributed by atoms with E-state index < -0.39 is 0 Å². The van der Waals surface area contributed by atoms with E-state index in [9.17, 15) is 0 Å². The molecule has 3 heteroatoms. The zero-order valence-corrected chi connectivity index (χ0v) is 10.1. The van der Waals surface area contributed by atoms with E-state index in [1.807, 2.05) is 0 Å². The molecule has 0 aromatic carbocycles. The van der Waals surface area contributed by atoms with Crippen molar-refractivity contribution in [3.63, 3.8) is 0 Å². The molecular formula is C11H23NOS. The molecule has 1 unspecified atom stereocenters. The largest absolute Gasteiger partial charge is 0.379 e. The quantitative estimate of drug-likeness (QED) is 0.541. The third kappa shape index (κ3) is 4.20. The molecule has 0 bridgehead atoms. The average Bonchev–Trinajstić information content (AvgIpc) is 2.25. The summed E-state index contributed by atoms with van der Waals surface area (Å²) >= 11 is 4.12. The molecule has 0 aromatic heterocycles. The predicted octanol–water partition coefficient (Wildman–Crippen LogP) is 2.20. The lowest BCUT2D eigenvalue weighted by atomic mass is 10.0. The van der Waals surface area contributed by atoms with Crippen molar-refractivity contribution in [1.29, 1.82) is 0 Å². The molecule has 1 aliphatic rings. The van der Waals surface area contributed by atoms with Crippen molar-refractivity contribution in [2.45, 2.75) is 38.6 Å². The van der Waals surface area contributed by atoms with Crippen molar-refractivity contribution < 1.29 is 4.74 Å². The third-order valence-corrected chi connectivity index (χ3v) is 3.16. The molecule has 1 atom stereocenters. The Labute approximate surface area is 93.4 Å². The second kappa shape index (κ2) is 7.55. The summed E-state index contributed by atoms with van der Waals surface area (Å²) in [6.45, 7) is 6.32. The molecular weight excluding hydrogens is 194 g/mol. The fourth-order valence-electron chi connectivity index (χ4n) is 2.17. The molecule has 1 saturated heterocycles. The molecule has 2 nitrogen and oxygen atoms in total. The van der Waals surface area contributed by atoms with Crippen LogP contribution in [0.25, 0.3) is 0 Å². The lowest BCUT2D eigenvalue weighted by Gasteiger charge is -2.35. The summed E-state index contributed by atoms with van der Waals surface area (Å²) in [5.74, 6) is 0.831. The summed E-state index contributed by atoms with van der Waals surface area (Å²) in [6, 6.07) is 0.809. The first-order chi connectivity index (χ1) is 6.88. The minimum Gasteiger partial charge on any atom is -0.379 e. The van der Waals surface area contributed by atoms with Gasteiger partial charge >= 0.3 is 0 Å². The van der Waals surface area contributed by atoms with E-state index in [0.29, 0.717) is 0 Å². The fraction of sp³-hybridized carbons (Fsp3) is 1.00. The monoisotopic (exact) mass is 217 g/mol. The molecule has 0 amide bonds. The molecule has 0 aromatic rings. The molecule has 1 aliphatic heterocycles. The Hall–Kier alpha value is 0.270. The van der Waals surface area contributed by atoms with Gasteiger partial charge < -0.3 is 4.74 Å². The highest BCUT2D eigenvalue weighted by Gasteiger charge is 2.19. The molecule has 0 radical (unpaired) electrons. The van der Waals surface area contributed by atoms with Gasteiger partial charge in [0, 0.05) is 18.3 Å². The van der Waals surface area contributed by atoms with Crippen LogP contribution >= 0.6 is 12.6 Å². The number of thiol groups is 1. The zero-order chi connectivity index (χ0) is 10.2. The fourth-order valence-corrected chi connectivity index (χ4v) is 2.29. The van der Waals surface area contributed by atoms with E-state index in [2.05, 4.69) is 24.5 Å². The first kappa shape index (κ1) is 12.3. The van der Waals surface area contributed by atoms with Crippen LogP contribution in [0.5, 0.6) is 0 Å². The topological polar surface area (TPSA) is 12.5 Å². The highest BCUT2D eigenvalue weighted by Crippen LogP contribution is 2.18. The first-order valence-corrected chi connectivity index (χ1v) is 6.44. The van der Waals surface area contributed by atoms with Crippen LogP contribution < -0.4 is 0 Å². The Kier molecular flexibility index (Phi) is 6.65. The number of hydrogen-bond donors (Lipinski definition) is 1. The highest BCUT2D eigenvalue weighted by atomic mass is 32.1. The van der Waals surface area contributed by atoms with Crippen molar-refractivity contribution in [2.75, 3.05) is 32.1 Å². The summed E-state index contributed by atoms with van der Waals surface area (Å²) in [5.41, 5.74) is 0. The lowest BCUT2D eigenvalue weighted by molar-refractivity contribution is 0.0772. The minimum atomic E-state index is 0.785. The number of rotatable bonds is 6. The Morgan fingerprint density at radius 1 is 1.36 bits per heavy atom. The van der Waals surface area contributed by atoms with Gasteiger partial charge in [0.05, 0.1) is 13.2 Å². The maximum atomic E-state index is 5.46. The maximum absolute atomic E-state index is 5.46. The van der Waals surface area contributed by atoms with Crippen molar-refractivity contribution in [2.24, 2.45) is 0 Å². The van der Waals surface area contributed by atoms with Crippen molar-refractivity contribution in [3.8, 4) is 0 Å². The molecule has 1 heterocycles. The number of ether oxygens (including phenoxy) is 1. The van der Waals surface area contributed by atoms with Crippen molar-refractivity contribution >= 4 is 12.6 Å². The predicted molar refractivity (Wildman–Crippen MR) is 64.2 cm³/mol. The molecule has 14 heavy (non-hydrogen) atoms. The Balaban J connectivity index is 2.13. The molecule has 0 saturated carbocycles. The van der Waals surface area contributed by atoms with Crippen LogP contribution in [0.3, 0.4) is 0 Å². The summed E-state index contributed by atoms with van der Waals surface area (Å²) in [4.78, 5) is 2.59. The number of hydrogen-bond acceptors (Lipinski definition) is 3. The summed E-state index contributed by atoms with van der Waals surface area (Å²) in [7, 11) is 0. The number of nitrogens with zero attached hydrogens (tertiary/aromatic N) is 1. The van der Waals surface area contributed by atoms with Gasteiger partial charge in [-0.1, -0.05) is 13.3 Å². The van der Waals surface area contributed by atoms with Crippen molar-refractivity contribution in [3.05, 3.63) is 0 Å². The van der Waals surface area contributed by atoms with Gasteiger partial charge in [0.2, 0.25) is 0 Å². The van der Waals surface area contributed by atoms with Crippen LogP contribution in [0.4, 0.5) is 0 Å². The molecule has 84 valence electrons. The first-order valence-electron chi connectivity index (χ1n) is 5.81. The van der Waals surface area contributed by atoms with Gasteiger partial charge in [-0.15, -0.1) is 0 Å². The third-order valence-electron chi connectivity index (χ3n) is 2.98. The second-order valence-corrected chi connectivity index (χ2v) is 4.38. The zero-order valence-electron chi connectivity index (χ0n) is 9.24. The number of piperidine rings is 1. The maximum Gasteiger partial charge on any atom is 0.0593 e. The van der Waals surface area contributed by atoms with Gasteiger partial charge in [-0.25, -0.2) is 0 Å². The van der Waals surface area contributed by atoms with Crippen LogP contribution in [0, 0.1) is 0 Å². The van der Waals surface area contributed by atoms with Gasteiger partial charge in [0.1, 0.15) is 0 Å².